The van der Waals surface area contributed by atoms with Crippen LogP contribution in [-0.4, -0.2) is 107 Å². The molecule has 256 valence electrons. The molecule has 12 nitrogen and oxygen atoms in total. The van der Waals surface area contributed by atoms with Gasteiger partial charge in [0.05, 0.1) is 25.4 Å². The van der Waals surface area contributed by atoms with Crippen LogP contribution in [0.5, 0.6) is 0 Å². The van der Waals surface area contributed by atoms with Crippen LogP contribution in [0.4, 0.5) is 0 Å². The monoisotopic (exact) mass is 632 g/mol. The van der Waals surface area contributed by atoms with Crippen LogP contribution < -0.4 is 0 Å². The van der Waals surface area contributed by atoms with Crippen molar-refractivity contribution < 1.29 is 58.4 Å². The molecule has 1 heterocycles. The van der Waals surface area contributed by atoms with Crippen LogP contribution in [0.2, 0.25) is 0 Å². The Morgan fingerprint density at radius 2 is 1.23 bits per heavy atom. The number of rotatable bonds is 12. The number of hydrogen-bond acceptors (Lipinski definition) is 12. The summed E-state index contributed by atoms with van der Waals surface area (Å²) in [7, 11) is 0. The molecule has 3 aliphatic rings. The topological polar surface area (TPSA) is 170 Å². The first-order valence-electron chi connectivity index (χ1n) is 16.0. The van der Waals surface area contributed by atoms with Gasteiger partial charge in [-0.3, -0.25) is 0 Å². The van der Waals surface area contributed by atoms with Gasteiger partial charge in [0.15, 0.2) is 11.6 Å². The van der Waals surface area contributed by atoms with E-state index >= 15 is 0 Å². The summed E-state index contributed by atoms with van der Waals surface area (Å²) in [6.07, 6.45) is 1.45. The van der Waals surface area contributed by atoms with Crippen molar-refractivity contribution >= 4 is 11.9 Å². The van der Waals surface area contributed by atoms with Crippen molar-refractivity contribution in [1.29, 1.82) is 0 Å². The molecule has 1 fully saturated rings. The highest BCUT2D eigenvalue weighted by Gasteiger charge is 2.49. The minimum absolute atomic E-state index is 0.0110. The van der Waals surface area contributed by atoms with Crippen molar-refractivity contribution in [1.82, 2.24) is 0 Å². The number of aliphatic hydroxyl groups excluding tert-OH is 4. The van der Waals surface area contributed by atoms with E-state index in [4.69, 9.17) is 28.4 Å². The van der Waals surface area contributed by atoms with Crippen LogP contribution in [0, 0.1) is 0 Å². The van der Waals surface area contributed by atoms with Crippen LogP contribution in [0.1, 0.15) is 93.9 Å². The average Bonchev–Trinajstić information content (AvgIpc) is 3.40. The Kier molecular flexibility index (Phi) is 17.9. The molecule has 0 saturated carbocycles. The fourth-order valence-electron chi connectivity index (χ4n) is 5.20. The summed E-state index contributed by atoms with van der Waals surface area (Å²) in [5.41, 5.74) is 0.680. The second-order valence-electron chi connectivity index (χ2n) is 10.6. The third-order valence-electron chi connectivity index (χ3n) is 7.79. The number of esters is 2. The Morgan fingerprint density at radius 3 is 1.64 bits per heavy atom. The molecule has 0 aromatic carbocycles. The molecular weight excluding hydrogens is 576 g/mol. The van der Waals surface area contributed by atoms with E-state index in [0.29, 0.717) is 25.0 Å². The highest BCUT2D eigenvalue weighted by molar-refractivity contribution is 5.89. The molecule has 0 amide bonds. The van der Waals surface area contributed by atoms with Gasteiger partial charge in [-0.15, -0.1) is 0 Å². The van der Waals surface area contributed by atoms with Gasteiger partial charge >= 0.3 is 11.9 Å². The molecule has 0 spiro atoms. The summed E-state index contributed by atoms with van der Waals surface area (Å²) in [5, 5.41) is 37.8. The Bertz CT molecular complexity index is 916. The van der Waals surface area contributed by atoms with Gasteiger partial charge in [-0.2, -0.15) is 0 Å². The van der Waals surface area contributed by atoms with Crippen LogP contribution in [0.25, 0.3) is 0 Å². The molecular formula is C32H56O12. The molecule has 44 heavy (non-hydrogen) atoms. The van der Waals surface area contributed by atoms with E-state index in [-0.39, 0.29) is 42.9 Å². The lowest BCUT2D eigenvalue weighted by Gasteiger charge is -2.30. The van der Waals surface area contributed by atoms with E-state index in [9.17, 15) is 30.0 Å². The highest BCUT2D eigenvalue weighted by atomic mass is 16.8. The minimum atomic E-state index is -1.23. The lowest BCUT2D eigenvalue weighted by Crippen LogP contribution is -2.41. The van der Waals surface area contributed by atoms with Gasteiger partial charge in [0, 0.05) is 37.2 Å². The van der Waals surface area contributed by atoms with E-state index < -0.39 is 42.3 Å². The van der Waals surface area contributed by atoms with Gasteiger partial charge < -0.3 is 48.8 Å². The van der Waals surface area contributed by atoms with Gasteiger partial charge in [-0.05, 0) is 65.5 Å². The van der Waals surface area contributed by atoms with Crippen molar-refractivity contribution in [2.45, 2.75) is 142 Å². The Morgan fingerprint density at radius 1 is 0.750 bits per heavy atom. The van der Waals surface area contributed by atoms with Crippen LogP contribution >= 0.6 is 0 Å². The summed E-state index contributed by atoms with van der Waals surface area (Å²) < 4.78 is 32.6. The van der Waals surface area contributed by atoms with Crippen molar-refractivity contribution in [3.8, 4) is 0 Å². The molecule has 0 aromatic heterocycles. The first-order valence-corrected chi connectivity index (χ1v) is 16.0. The molecule has 0 aromatic rings. The predicted molar refractivity (Wildman–Crippen MR) is 162 cm³/mol. The first kappa shape index (κ1) is 40.1. The molecule has 0 bridgehead atoms. The average molecular weight is 633 g/mol. The van der Waals surface area contributed by atoms with Gasteiger partial charge in [-0.1, -0.05) is 27.7 Å². The van der Waals surface area contributed by atoms with Gasteiger partial charge in [0.25, 0.3) is 0 Å². The molecule has 0 radical (unpaired) electrons. The molecule has 1 saturated heterocycles. The smallest absolute Gasteiger partial charge is 0.333 e. The highest BCUT2D eigenvalue weighted by Crippen LogP contribution is 2.40. The Balaban J connectivity index is 0.000000345. The second-order valence-corrected chi connectivity index (χ2v) is 10.6. The summed E-state index contributed by atoms with van der Waals surface area (Å²) in [5.74, 6) is -1.90. The fourth-order valence-corrected chi connectivity index (χ4v) is 5.20. The summed E-state index contributed by atoms with van der Waals surface area (Å²) in [4.78, 5) is 22.9. The van der Waals surface area contributed by atoms with Gasteiger partial charge in [-0.25, -0.2) is 9.59 Å². The van der Waals surface area contributed by atoms with Crippen molar-refractivity contribution in [2.75, 3.05) is 26.4 Å². The quantitative estimate of drug-likeness (QED) is 0.183. The zero-order valence-electron chi connectivity index (χ0n) is 27.7. The van der Waals surface area contributed by atoms with Gasteiger partial charge in [0.1, 0.15) is 24.4 Å². The van der Waals surface area contributed by atoms with Crippen molar-refractivity contribution in [3.63, 3.8) is 0 Å². The second kappa shape index (κ2) is 19.6. The van der Waals surface area contributed by atoms with Crippen LogP contribution in [0.3, 0.4) is 0 Å². The van der Waals surface area contributed by atoms with E-state index in [2.05, 4.69) is 13.8 Å². The Labute approximate surface area is 262 Å². The van der Waals surface area contributed by atoms with Crippen molar-refractivity contribution in [3.05, 3.63) is 23.3 Å². The van der Waals surface area contributed by atoms with Crippen LogP contribution in [0.15, 0.2) is 23.3 Å². The van der Waals surface area contributed by atoms with E-state index in [1.807, 2.05) is 27.7 Å². The maximum atomic E-state index is 11.7. The number of aliphatic hydroxyl groups is 4. The first-order chi connectivity index (χ1) is 20.8. The number of ether oxygens (including phenoxy) is 6. The number of hydrogen-bond donors (Lipinski definition) is 4. The van der Waals surface area contributed by atoms with E-state index in [1.54, 1.807) is 19.9 Å². The van der Waals surface area contributed by atoms with E-state index in [1.165, 1.54) is 6.08 Å². The minimum Gasteiger partial charge on any atom is -0.463 e. The molecule has 4 N–H and O–H groups in total. The van der Waals surface area contributed by atoms with E-state index in [0.717, 1.165) is 26.1 Å². The number of carbonyl (C=O) groups excluding carboxylic acids is 2. The molecule has 0 unspecified atom stereocenters. The third kappa shape index (κ3) is 11.2. The summed E-state index contributed by atoms with van der Waals surface area (Å²) in [6.45, 7) is 17.6. The van der Waals surface area contributed by atoms with Gasteiger partial charge in [0.2, 0.25) is 0 Å². The lowest BCUT2D eigenvalue weighted by atomic mass is 9.92. The molecule has 3 rings (SSSR count). The molecule has 6 atom stereocenters. The largest absolute Gasteiger partial charge is 0.463 e. The maximum absolute atomic E-state index is 11.7. The summed E-state index contributed by atoms with van der Waals surface area (Å²) >= 11 is 0. The fraction of sp³-hybridized carbons (Fsp3) is 0.812. The van der Waals surface area contributed by atoms with Crippen molar-refractivity contribution in [2.24, 2.45) is 0 Å². The zero-order valence-corrected chi connectivity index (χ0v) is 27.7. The third-order valence-corrected chi connectivity index (χ3v) is 7.79. The van der Waals surface area contributed by atoms with Crippen LogP contribution in [-0.2, 0) is 38.0 Å². The molecule has 1 aliphatic heterocycles. The number of carbonyl (C=O) groups is 2. The normalized spacial score (nSPS) is 27.4. The zero-order chi connectivity index (χ0) is 33.5. The predicted octanol–water partition coefficient (Wildman–Crippen LogP) is 3.08. The lowest BCUT2D eigenvalue weighted by molar-refractivity contribution is -0.236. The number of fused-ring (bicyclic) bond motifs is 1. The standard InChI is InChI=1S/C14H22O5.C9H14O5.C9H20O2/c1-4-14(5-2)18-11-8-9(13(16)17-6-3)7-10(15)12(11)19-14;1-2-14-9(13)5-3-6(10)8(12)7(11)4-5;1-5-9(6-2,10-7-3)11-8-4/h8,10-12,15H,4-7H2,1-3H3;3,6-8,10-12H,2,4H2,1H3;5-8H2,1-4H3/t10-,11-,12+;6-,7-,8-;/m11./s1. The maximum Gasteiger partial charge on any atom is 0.333 e. The summed E-state index contributed by atoms with van der Waals surface area (Å²) in [6, 6.07) is 0. The molecule has 2 aliphatic carbocycles. The molecule has 12 heteroatoms. The Hall–Kier alpha value is -1.90. The SMILES string of the molecule is CCOC(=O)C1=C[C@@H](O)[C@@H](O)[C@H](O)C1.CCOC(=O)C1=C[C@H]2OC(CC)(CC)O[C@H]2[C@H](O)C1.CCOC(CC)(CC)OCC.